The summed E-state index contributed by atoms with van der Waals surface area (Å²) in [5, 5.41) is 5.48. The van der Waals surface area contributed by atoms with Gasteiger partial charge in [0.2, 0.25) is 0 Å². The van der Waals surface area contributed by atoms with Crippen molar-refractivity contribution in [3.63, 3.8) is 0 Å². The molecule has 6 aromatic rings. The Bertz CT molecular complexity index is 1730. The number of rotatable bonds is 13. The second-order valence-electron chi connectivity index (χ2n) is 12.9. The van der Waals surface area contributed by atoms with Crippen LogP contribution in [-0.2, 0) is 0 Å². The summed E-state index contributed by atoms with van der Waals surface area (Å²) in [6, 6.07) is 57.2. The lowest BCUT2D eigenvalue weighted by atomic mass is 9.94. The van der Waals surface area contributed by atoms with E-state index in [0.717, 1.165) is 12.3 Å². The molecule has 0 aliphatic rings. The molecule has 0 aliphatic heterocycles. The number of hydrogen-bond donors (Lipinski definition) is 0. The van der Waals surface area contributed by atoms with E-state index < -0.39 is 15.8 Å². The SMILES string of the molecule is Cc1ccc(P(CC=N[C@H](c2ccccc2)[C@H](N=CCP(c2ccc(C)cc2)c2ccc(C)cc2)c2ccccc2)c2ccc(C)cc2)cc1. The predicted molar refractivity (Wildman–Crippen MR) is 222 cm³/mol. The summed E-state index contributed by atoms with van der Waals surface area (Å²) < 4.78 is 0. The van der Waals surface area contributed by atoms with Gasteiger partial charge in [-0.1, -0.05) is 180 Å². The number of aryl methyl sites for hydroxylation is 4. The van der Waals surface area contributed by atoms with E-state index in [0.29, 0.717) is 0 Å². The molecule has 0 unspecified atom stereocenters. The van der Waals surface area contributed by atoms with E-state index in [1.807, 2.05) is 0 Å². The van der Waals surface area contributed by atoms with Crippen LogP contribution in [0.4, 0.5) is 0 Å². The van der Waals surface area contributed by atoms with Gasteiger partial charge in [-0.2, -0.15) is 0 Å². The minimum absolute atomic E-state index is 0.160. The molecular formula is C46H46N2P2. The van der Waals surface area contributed by atoms with Crippen LogP contribution in [0.3, 0.4) is 0 Å². The molecule has 2 atom stereocenters. The zero-order valence-corrected chi connectivity index (χ0v) is 31.3. The first kappa shape index (κ1) is 35.3. The average molecular weight is 689 g/mol. The van der Waals surface area contributed by atoms with Crippen molar-refractivity contribution >= 4 is 49.5 Å². The standard InChI is InChI=1S/C46H46N2P2/c1-35-15-23-41(24-16-35)49(42-25-17-36(2)18-26-42)33-31-47-45(39-11-7-5-8-12-39)46(40-13-9-6-10-14-40)48-32-34-50(43-27-19-37(3)20-28-43)44-29-21-38(4)22-30-44/h5-32,45-46H,33-34H2,1-4H3/t45-,46-/m1/s1. The van der Waals surface area contributed by atoms with Crippen LogP contribution >= 0.6 is 15.8 Å². The van der Waals surface area contributed by atoms with Gasteiger partial charge in [-0.25, -0.2) is 0 Å². The molecule has 50 heavy (non-hydrogen) atoms. The highest BCUT2D eigenvalue weighted by Crippen LogP contribution is 2.38. The van der Waals surface area contributed by atoms with Crippen LogP contribution in [0.2, 0.25) is 0 Å². The van der Waals surface area contributed by atoms with E-state index in [4.69, 9.17) is 9.98 Å². The summed E-state index contributed by atoms with van der Waals surface area (Å²) >= 11 is 0. The highest BCUT2D eigenvalue weighted by atomic mass is 31.1. The maximum Gasteiger partial charge on any atom is 0.101 e. The fourth-order valence-corrected chi connectivity index (χ4v) is 10.1. The molecule has 0 fully saturated rings. The van der Waals surface area contributed by atoms with E-state index in [1.54, 1.807) is 0 Å². The summed E-state index contributed by atoms with van der Waals surface area (Å²) in [6.45, 7) is 8.61. The number of hydrogen-bond acceptors (Lipinski definition) is 2. The molecule has 0 amide bonds. The first-order valence-electron chi connectivity index (χ1n) is 17.4. The Morgan fingerprint density at radius 3 is 0.900 bits per heavy atom. The summed E-state index contributed by atoms with van der Waals surface area (Å²) in [7, 11) is -1.22. The quantitative estimate of drug-likeness (QED) is 0.0853. The van der Waals surface area contributed by atoms with Gasteiger partial charge in [-0.05, 0) is 75.9 Å². The maximum atomic E-state index is 5.41. The summed E-state index contributed by atoms with van der Waals surface area (Å²) in [5.74, 6) is 0. The lowest BCUT2D eigenvalue weighted by Gasteiger charge is -2.23. The fraction of sp³-hybridized carbons (Fsp3) is 0.174. The lowest BCUT2D eigenvalue weighted by Crippen LogP contribution is -2.16. The van der Waals surface area contributed by atoms with Crippen LogP contribution in [0.5, 0.6) is 0 Å². The van der Waals surface area contributed by atoms with Gasteiger partial charge in [0.05, 0.1) is 0 Å². The molecule has 0 saturated carbocycles. The van der Waals surface area contributed by atoms with Crippen molar-refractivity contribution in [2.45, 2.75) is 39.8 Å². The third kappa shape index (κ3) is 9.39. The monoisotopic (exact) mass is 688 g/mol. The molecule has 0 radical (unpaired) electrons. The van der Waals surface area contributed by atoms with Crippen molar-refractivity contribution in [2.24, 2.45) is 9.98 Å². The van der Waals surface area contributed by atoms with E-state index in [2.05, 4.69) is 198 Å². The summed E-state index contributed by atoms with van der Waals surface area (Å²) in [4.78, 5) is 10.8. The van der Waals surface area contributed by atoms with Gasteiger partial charge in [0, 0.05) is 24.8 Å². The second kappa shape index (κ2) is 17.4. The predicted octanol–water partition coefficient (Wildman–Crippen LogP) is 10.1. The fourth-order valence-electron chi connectivity index (χ4n) is 6.10. The van der Waals surface area contributed by atoms with E-state index in [-0.39, 0.29) is 12.1 Å². The molecule has 0 aliphatic carbocycles. The van der Waals surface area contributed by atoms with Gasteiger partial charge >= 0.3 is 0 Å². The van der Waals surface area contributed by atoms with Crippen molar-refractivity contribution in [2.75, 3.05) is 12.3 Å². The highest BCUT2D eigenvalue weighted by molar-refractivity contribution is 7.74. The summed E-state index contributed by atoms with van der Waals surface area (Å²) in [6.07, 6.45) is 6.09. The zero-order chi connectivity index (χ0) is 34.7. The largest absolute Gasteiger partial charge is 0.286 e. The van der Waals surface area contributed by atoms with Crippen molar-refractivity contribution < 1.29 is 0 Å². The molecular weight excluding hydrogens is 642 g/mol. The number of benzene rings is 6. The molecule has 250 valence electrons. The molecule has 6 aromatic carbocycles. The smallest absolute Gasteiger partial charge is 0.101 e. The molecule has 0 spiro atoms. The van der Waals surface area contributed by atoms with Gasteiger partial charge in [0.1, 0.15) is 12.1 Å². The van der Waals surface area contributed by atoms with Crippen molar-refractivity contribution in [1.29, 1.82) is 0 Å². The molecule has 4 heteroatoms. The Kier molecular flexibility index (Phi) is 12.3. The Hall–Kier alpha value is -4.48. The van der Waals surface area contributed by atoms with E-state index >= 15 is 0 Å². The Labute approximate surface area is 301 Å². The zero-order valence-electron chi connectivity index (χ0n) is 29.5. The molecule has 0 aromatic heterocycles. The van der Waals surface area contributed by atoms with Gasteiger partial charge in [0.25, 0.3) is 0 Å². The average Bonchev–Trinajstić information content (AvgIpc) is 3.15. The van der Waals surface area contributed by atoms with Crippen LogP contribution < -0.4 is 21.2 Å². The van der Waals surface area contributed by atoms with Crippen LogP contribution in [0.1, 0.15) is 45.5 Å². The van der Waals surface area contributed by atoms with Crippen LogP contribution in [0.25, 0.3) is 0 Å². The Morgan fingerprint density at radius 2 is 0.640 bits per heavy atom. The topological polar surface area (TPSA) is 24.7 Å². The molecule has 0 saturated heterocycles. The molecule has 0 bridgehead atoms. The normalized spacial score (nSPS) is 13.0. The molecule has 0 heterocycles. The number of nitrogens with zero attached hydrogens (tertiary/aromatic N) is 2. The summed E-state index contributed by atoms with van der Waals surface area (Å²) in [5.41, 5.74) is 7.46. The van der Waals surface area contributed by atoms with Crippen molar-refractivity contribution in [1.82, 2.24) is 0 Å². The van der Waals surface area contributed by atoms with Gasteiger partial charge in [-0.15, -0.1) is 0 Å². The van der Waals surface area contributed by atoms with Crippen LogP contribution in [0.15, 0.2) is 168 Å². The van der Waals surface area contributed by atoms with E-state index in [1.165, 1.54) is 54.6 Å². The third-order valence-corrected chi connectivity index (χ3v) is 13.8. The number of aliphatic imine (C=N–C) groups is 2. The maximum absolute atomic E-state index is 5.41. The van der Waals surface area contributed by atoms with Gasteiger partial charge < -0.3 is 0 Å². The Balaban J connectivity index is 1.35. The minimum Gasteiger partial charge on any atom is -0.286 e. The molecule has 2 nitrogen and oxygen atoms in total. The molecule has 0 N–H and O–H groups in total. The highest BCUT2D eigenvalue weighted by Gasteiger charge is 2.24. The van der Waals surface area contributed by atoms with Crippen LogP contribution in [0, 0.1) is 27.7 Å². The van der Waals surface area contributed by atoms with E-state index in [9.17, 15) is 0 Å². The first-order chi connectivity index (χ1) is 24.4. The van der Waals surface area contributed by atoms with Crippen molar-refractivity contribution in [3.05, 3.63) is 191 Å². The van der Waals surface area contributed by atoms with Gasteiger partial charge in [-0.3, -0.25) is 9.98 Å². The third-order valence-electron chi connectivity index (χ3n) is 9.02. The Morgan fingerprint density at radius 1 is 0.380 bits per heavy atom. The minimum atomic E-state index is -0.610. The first-order valence-corrected chi connectivity index (χ1v) is 20.4. The van der Waals surface area contributed by atoms with Crippen molar-refractivity contribution in [3.8, 4) is 0 Å². The second-order valence-corrected chi connectivity index (χ2v) is 17.4. The van der Waals surface area contributed by atoms with Gasteiger partial charge in [0.15, 0.2) is 0 Å². The molecule has 6 rings (SSSR count). The lowest BCUT2D eigenvalue weighted by molar-refractivity contribution is 0.583. The van der Waals surface area contributed by atoms with Crippen LogP contribution in [-0.4, -0.2) is 24.8 Å².